The van der Waals surface area contributed by atoms with E-state index in [2.05, 4.69) is 0 Å². The first kappa shape index (κ1) is 8.56. The summed E-state index contributed by atoms with van der Waals surface area (Å²) in [5, 5.41) is 10.5. The van der Waals surface area contributed by atoms with Gasteiger partial charge in [-0.3, -0.25) is 0 Å². The summed E-state index contributed by atoms with van der Waals surface area (Å²) < 4.78 is 0. The minimum absolute atomic E-state index is 0. The summed E-state index contributed by atoms with van der Waals surface area (Å²) in [7, 11) is 0. The van der Waals surface area contributed by atoms with Crippen LogP contribution in [0.2, 0.25) is 0 Å². The fraction of sp³-hybridized carbons (Fsp3) is 1.00. The standard InChI is InChI=1S/C6H11O.Li/c7-6-4-2-1-3-5-6;/h6H,1-5H2;/q-1;+1. The monoisotopic (exact) mass is 106 g/mol. The van der Waals surface area contributed by atoms with Crippen LogP contribution in [0.3, 0.4) is 0 Å². The number of hydrogen-bond donors (Lipinski definition) is 0. The molecule has 1 aliphatic rings. The molecule has 0 unspecified atom stereocenters. The van der Waals surface area contributed by atoms with Crippen LogP contribution < -0.4 is 24.0 Å². The maximum atomic E-state index is 10.5. The molecule has 0 amide bonds. The van der Waals surface area contributed by atoms with Crippen LogP contribution in [0.25, 0.3) is 0 Å². The molecule has 1 fully saturated rings. The van der Waals surface area contributed by atoms with Gasteiger partial charge in [0.25, 0.3) is 0 Å². The van der Waals surface area contributed by atoms with Gasteiger partial charge in [-0.2, -0.15) is 0 Å². The predicted octanol–water partition coefficient (Wildman–Crippen LogP) is -2.32. The van der Waals surface area contributed by atoms with Crippen LogP contribution in [0.1, 0.15) is 32.1 Å². The molecule has 8 heavy (non-hydrogen) atoms. The molecular formula is C6H11LiO. The average Bonchev–Trinajstić information content (AvgIpc) is 1.69. The van der Waals surface area contributed by atoms with E-state index in [1.54, 1.807) is 0 Å². The van der Waals surface area contributed by atoms with Gasteiger partial charge in [0.05, 0.1) is 0 Å². The molecule has 0 saturated heterocycles. The summed E-state index contributed by atoms with van der Waals surface area (Å²) in [6.07, 6.45) is 5.29. The molecule has 0 radical (unpaired) electrons. The van der Waals surface area contributed by atoms with Gasteiger partial charge >= 0.3 is 18.9 Å². The summed E-state index contributed by atoms with van der Waals surface area (Å²) in [5.41, 5.74) is 0. The van der Waals surface area contributed by atoms with Crippen molar-refractivity contribution in [2.75, 3.05) is 0 Å². The van der Waals surface area contributed by atoms with Gasteiger partial charge in [0, 0.05) is 0 Å². The largest absolute Gasteiger partial charge is 1.00 e. The Bertz CT molecular complexity index is 50.5. The van der Waals surface area contributed by atoms with Crippen LogP contribution in [0.4, 0.5) is 0 Å². The molecular weight excluding hydrogens is 95.0 g/mol. The minimum Gasteiger partial charge on any atom is -0.852 e. The van der Waals surface area contributed by atoms with Crippen molar-refractivity contribution in [3.63, 3.8) is 0 Å². The molecule has 2 heteroatoms. The number of rotatable bonds is 0. The summed E-state index contributed by atoms with van der Waals surface area (Å²) in [4.78, 5) is 0. The summed E-state index contributed by atoms with van der Waals surface area (Å²) in [5.74, 6) is 0. The zero-order valence-corrected chi connectivity index (χ0v) is 5.52. The predicted molar refractivity (Wildman–Crippen MR) is 26.9 cm³/mol. The topological polar surface area (TPSA) is 23.1 Å². The molecule has 1 nitrogen and oxygen atoms in total. The van der Waals surface area contributed by atoms with Crippen molar-refractivity contribution >= 4 is 0 Å². The molecule has 42 valence electrons. The summed E-state index contributed by atoms with van der Waals surface area (Å²) in [6, 6.07) is 0. The Balaban J connectivity index is 0.000000490. The Hall–Kier alpha value is 0.557. The van der Waals surface area contributed by atoms with E-state index >= 15 is 0 Å². The van der Waals surface area contributed by atoms with Crippen molar-refractivity contribution in [2.45, 2.75) is 38.2 Å². The first-order chi connectivity index (χ1) is 3.39. The maximum absolute atomic E-state index is 10.5. The van der Waals surface area contributed by atoms with E-state index in [-0.39, 0.29) is 25.0 Å². The van der Waals surface area contributed by atoms with Crippen LogP contribution in [0.5, 0.6) is 0 Å². The van der Waals surface area contributed by atoms with Gasteiger partial charge in [0.1, 0.15) is 0 Å². The van der Waals surface area contributed by atoms with E-state index in [4.69, 9.17) is 0 Å². The van der Waals surface area contributed by atoms with E-state index in [0.29, 0.717) is 0 Å². The fourth-order valence-corrected chi connectivity index (χ4v) is 1.07. The minimum atomic E-state index is -0.214. The second-order valence-corrected chi connectivity index (χ2v) is 2.26. The normalized spacial score (nSPS) is 22.1. The fourth-order valence-electron chi connectivity index (χ4n) is 1.07. The SMILES string of the molecule is [Li+].[O-]C1CCCCC1. The van der Waals surface area contributed by atoms with Crippen molar-refractivity contribution in [3.8, 4) is 0 Å². The Labute approximate surface area is 62.6 Å². The Morgan fingerprint density at radius 1 is 1.00 bits per heavy atom. The van der Waals surface area contributed by atoms with E-state index in [0.717, 1.165) is 12.8 Å². The van der Waals surface area contributed by atoms with Gasteiger partial charge in [-0.1, -0.05) is 32.1 Å². The molecule has 1 aliphatic carbocycles. The molecule has 0 aromatic heterocycles. The first-order valence-electron chi connectivity index (χ1n) is 3.05. The molecule has 0 atom stereocenters. The second kappa shape index (κ2) is 4.44. The van der Waals surface area contributed by atoms with Crippen molar-refractivity contribution in [2.24, 2.45) is 0 Å². The quantitative estimate of drug-likeness (QED) is 0.318. The van der Waals surface area contributed by atoms with Gasteiger partial charge in [-0.05, 0) is 0 Å². The molecule has 1 saturated carbocycles. The Morgan fingerprint density at radius 3 is 1.75 bits per heavy atom. The Morgan fingerprint density at radius 2 is 1.50 bits per heavy atom. The van der Waals surface area contributed by atoms with Crippen molar-refractivity contribution < 1.29 is 24.0 Å². The van der Waals surface area contributed by atoms with Crippen LogP contribution in [-0.4, -0.2) is 6.10 Å². The molecule has 1 rings (SSSR count). The zero-order valence-electron chi connectivity index (χ0n) is 5.52. The van der Waals surface area contributed by atoms with Crippen molar-refractivity contribution in [3.05, 3.63) is 0 Å². The third-order valence-corrected chi connectivity index (χ3v) is 1.55. The Kier molecular flexibility index (Phi) is 4.75. The van der Waals surface area contributed by atoms with Crippen LogP contribution in [0, 0.1) is 0 Å². The van der Waals surface area contributed by atoms with Gasteiger partial charge in [0.2, 0.25) is 0 Å². The molecule has 0 heterocycles. The molecule has 0 aromatic rings. The maximum Gasteiger partial charge on any atom is 1.00 e. The molecule has 0 aliphatic heterocycles. The second-order valence-electron chi connectivity index (χ2n) is 2.26. The van der Waals surface area contributed by atoms with Gasteiger partial charge in [-0.25, -0.2) is 0 Å². The number of hydrogen-bond acceptors (Lipinski definition) is 1. The van der Waals surface area contributed by atoms with Gasteiger partial charge in [0.15, 0.2) is 0 Å². The average molecular weight is 106 g/mol. The van der Waals surface area contributed by atoms with E-state index in [1.807, 2.05) is 0 Å². The van der Waals surface area contributed by atoms with E-state index < -0.39 is 0 Å². The van der Waals surface area contributed by atoms with Crippen molar-refractivity contribution in [1.29, 1.82) is 0 Å². The zero-order chi connectivity index (χ0) is 5.11. The molecule has 0 aromatic carbocycles. The van der Waals surface area contributed by atoms with Crippen LogP contribution >= 0.6 is 0 Å². The van der Waals surface area contributed by atoms with Crippen molar-refractivity contribution in [1.82, 2.24) is 0 Å². The summed E-state index contributed by atoms with van der Waals surface area (Å²) >= 11 is 0. The van der Waals surface area contributed by atoms with E-state index in [1.165, 1.54) is 19.3 Å². The molecule has 0 bridgehead atoms. The smallest absolute Gasteiger partial charge is 0.852 e. The third-order valence-electron chi connectivity index (χ3n) is 1.55. The van der Waals surface area contributed by atoms with E-state index in [9.17, 15) is 5.11 Å². The molecule has 0 spiro atoms. The van der Waals surface area contributed by atoms with Crippen LogP contribution in [0.15, 0.2) is 0 Å². The van der Waals surface area contributed by atoms with Crippen LogP contribution in [-0.2, 0) is 0 Å². The van der Waals surface area contributed by atoms with Gasteiger partial charge in [-0.15, -0.1) is 6.10 Å². The molecule has 0 N–H and O–H groups in total. The summed E-state index contributed by atoms with van der Waals surface area (Å²) in [6.45, 7) is 0. The first-order valence-corrected chi connectivity index (χ1v) is 3.05. The van der Waals surface area contributed by atoms with Gasteiger partial charge < -0.3 is 5.11 Å². The third kappa shape index (κ3) is 2.77.